The summed E-state index contributed by atoms with van der Waals surface area (Å²) < 4.78 is 3.85. The molecule has 0 aromatic carbocycles. The van der Waals surface area contributed by atoms with Crippen LogP contribution in [0.2, 0.25) is 0 Å². The van der Waals surface area contributed by atoms with E-state index in [0.717, 1.165) is 41.8 Å². The van der Waals surface area contributed by atoms with Gasteiger partial charge in [0.25, 0.3) is 5.91 Å². The molecule has 1 aliphatic rings. The summed E-state index contributed by atoms with van der Waals surface area (Å²) in [4.78, 5) is 18.1. The fraction of sp³-hybridized carbons (Fsp3) is 0.545. The topological polar surface area (TPSA) is 77.6 Å². The van der Waals surface area contributed by atoms with Crippen molar-refractivity contribution in [3.05, 3.63) is 41.5 Å². The molecule has 3 aromatic heterocycles. The largest absolute Gasteiger partial charge is 0.352 e. The van der Waals surface area contributed by atoms with Crippen molar-refractivity contribution in [2.45, 2.75) is 65.5 Å². The van der Waals surface area contributed by atoms with E-state index in [0.29, 0.717) is 18.0 Å². The van der Waals surface area contributed by atoms with Gasteiger partial charge in [-0.3, -0.25) is 9.48 Å². The molecule has 3 aromatic rings. The predicted octanol–water partition coefficient (Wildman–Crippen LogP) is 3.63. The SMILES string of the molecule is Cc1nn(C(C)(C)C)c2nc(C3CC3)cc(C(=O)NCC(C)Cn3cccn3)c12. The van der Waals surface area contributed by atoms with Gasteiger partial charge >= 0.3 is 0 Å². The highest BCUT2D eigenvalue weighted by Gasteiger charge is 2.30. The van der Waals surface area contributed by atoms with E-state index in [-0.39, 0.29) is 17.4 Å². The Morgan fingerprint density at radius 3 is 2.72 bits per heavy atom. The first-order valence-electron chi connectivity index (χ1n) is 10.4. The Labute approximate surface area is 171 Å². The summed E-state index contributed by atoms with van der Waals surface area (Å²) in [5.74, 6) is 0.689. The van der Waals surface area contributed by atoms with E-state index in [1.54, 1.807) is 6.20 Å². The number of carbonyl (C=O) groups excluding carboxylic acids is 1. The van der Waals surface area contributed by atoms with Crippen LogP contribution in [0, 0.1) is 12.8 Å². The maximum Gasteiger partial charge on any atom is 0.252 e. The zero-order valence-corrected chi connectivity index (χ0v) is 17.9. The van der Waals surface area contributed by atoms with Crippen LogP contribution in [-0.4, -0.2) is 37.0 Å². The first-order valence-corrected chi connectivity index (χ1v) is 10.4. The van der Waals surface area contributed by atoms with Crippen molar-refractivity contribution in [2.24, 2.45) is 5.92 Å². The molecule has 1 unspecified atom stereocenters. The van der Waals surface area contributed by atoms with E-state index in [1.807, 2.05) is 34.6 Å². The van der Waals surface area contributed by atoms with E-state index in [9.17, 15) is 4.79 Å². The molecule has 1 saturated carbocycles. The number of nitrogens with one attached hydrogen (secondary N) is 1. The third kappa shape index (κ3) is 4.04. The van der Waals surface area contributed by atoms with Crippen LogP contribution >= 0.6 is 0 Å². The first kappa shape index (κ1) is 19.6. The maximum atomic E-state index is 13.2. The molecule has 29 heavy (non-hydrogen) atoms. The average Bonchev–Trinajstić information content (AvgIpc) is 3.29. The molecule has 7 heteroatoms. The minimum atomic E-state index is -0.201. The molecule has 154 valence electrons. The number of hydrogen-bond acceptors (Lipinski definition) is 4. The molecule has 0 radical (unpaired) electrons. The van der Waals surface area contributed by atoms with Gasteiger partial charge in [0.05, 0.1) is 22.2 Å². The van der Waals surface area contributed by atoms with Crippen LogP contribution in [0.25, 0.3) is 11.0 Å². The summed E-state index contributed by atoms with van der Waals surface area (Å²) in [5.41, 5.74) is 3.16. The van der Waals surface area contributed by atoms with Gasteiger partial charge in [0.1, 0.15) is 0 Å². The van der Waals surface area contributed by atoms with Crippen molar-refractivity contribution in [2.75, 3.05) is 6.54 Å². The smallest absolute Gasteiger partial charge is 0.252 e. The highest BCUT2D eigenvalue weighted by atomic mass is 16.1. The lowest BCUT2D eigenvalue weighted by Crippen LogP contribution is -2.30. The van der Waals surface area contributed by atoms with Crippen LogP contribution in [0.3, 0.4) is 0 Å². The number of aromatic nitrogens is 5. The zero-order valence-electron chi connectivity index (χ0n) is 17.9. The number of pyridine rings is 1. The highest BCUT2D eigenvalue weighted by Crippen LogP contribution is 2.41. The molecule has 0 bridgehead atoms. The maximum absolute atomic E-state index is 13.2. The standard InChI is InChI=1S/C22H30N6O/c1-14(13-27-10-6-9-24-27)12-23-21(29)17-11-18(16-7-8-16)25-20-19(17)15(2)26-28(20)22(3,4)5/h6,9-11,14,16H,7-8,12-13H2,1-5H3,(H,23,29). The molecule has 3 heterocycles. The van der Waals surface area contributed by atoms with Crippen LogP contribution in [0.4, 0.5) is 0 Å². The minimum Gasteiger partial charge on any atom is -0.352 e. The van der Waals surface area contributed by atoms with Crippen LogP contribution in [0.5, 0.6) is 0 Å². The molecule has 0 spiro atoms. The summed E-state index contributed by atoms with van der Waals surface area (Å²) in [6, 6.07) is 3.89. The van der Waals surface area contributed by atoms with E-state index in [2.05, 4.69) is 38.1 Å². The molecular formula is C22H30N6O. The predicted molar refractivity (Wildman–Crippen MR) is 113 cm³/mol. The van der Waals surface area contributed by atoms with Gasteiger partial charge in [-0.2, -0.15) is 10.2 Å². The van der Waals surface area contributed by atoms with Crippen molar-refractivity contribution in [3.63, 3.8) is 0 Å². The molecule has 1 fully saturated rings. The Morgan fingerprint density at radius 2 is 2.10 bits per heavy atom. The second-order valence-corrected chi connectivity index (χ2v) is 9.28. The second-order valence-electron chi connectivity index (χ2n) is 9.28. The summed E-state index contributed by atoms with van der Waals surface area (Å²) in [5, 5.41) is 13.0. The minimum absolute atomic E-state index is 0.0526. The van der Waals surface area contributed by atoms with Crippen molar-refractivity contribution in [3.8, 4) is 0 Å². The molecule has 1 atom stereocenters. The second kappa shape index (κ2) is 7.28. The van der Waals surface area contributed by atoms with Gasteiger partial charge in [0, 0.05) is 37.1 Å². The average molecular weight is 395 g/mol. The third-order valence-corrected chi connectivity index (χ3v) is 5.38. The van der Waals surface area contributed by atoms with Gasteiger partial charge in [0.2, 0.25) is 0 Å². The zero-order chi connectivity index (χ0) is 20.8. The lowest BCUT2D eigenvalue weighted by atomic mass is 10.1. The van der Waals surface area contributed by atoms with Crippen LogP contribution < -0.4 is 5.32 Å². The molecule has 4 rings (SSSR count). The normalized spacial score (nSPS) is 15.6. The summed E-state index contributed by atoms with van der Waals surface area (Å²) in [7, 11) is 0. The molecule has 7 nitrogen and oxygen atoms in total. The quantitative estimate of drug-likeness (QED) is 0.692. The van der Waals surface area contributed by atoms with Crippen LogP contribution in [0.1, 0.15) is 68.2 Å². The highest BCUT2D eigenvalue weighted by molar-refractivity contribution is 6.06. The Kier molecular flexibility index (Phi) is 4.92. The summed E-state index contributed by atoms with van der Waals surface area (Å²) in [6.07, 6.45) is 6.00. The molecule has 0 saturated heterocycles. The van der Waals surface area contributed by atoms with Crippen molar-refractivity contribution < 1.29 is 4.79 Å². The van der Waals surface area contributed by atoms with Crippen molar-refractivity contribution in [1.29, 1.82) is 0 Å². The Hall–Kier alpha value is -2.70. The van der Waals surface area contributed by atoms with Gasteiger partial charge < -0.3 is 5.32 Å². The summed E-state index contributed by atoms with van der Waals surface area (Å²) in [6.45, 7) is 11.8. The first-order chi connectivity index (χ1) is 13.7. The fourth-order valence-corrected chi connectivity index (χ4v) is 3.70. The number of amides is 1. The van der Waals surface area contributed by atoms with Crippen LogP contribution in [-0.2, 0) is 12.1 Å². The Balaban J connectivity index is 1.63. The number of aryl methyl sites for hydroxylation is 1. The number of nitrogens with zero attached hydrogens (tertiary/aromatic N) is 5. The molecule has 1 amide bonds. The van der Waals surface area contributed by atoms with Gasteiger partial charge in [-0.15, -0.1) is 0 Å². The lowest BCUT2D eigenvalue weighted by Gasteiger charge is -2.20. The fourth-order valence-electron chi connectivity index (χ4n) is 3.70. The van der Waals surface area contributed by atoms with Gasteiger partial charge in [-0.1, -0.05) is 6.92 Å². The Morgan fingerprint density at radius 1 is 1.34 bits per heavy atom. The number of hydrogen-bond donors (Lipinski definition) is 1. The third-order valence-electron chi connectivity index (χ3n) is 5.38. The van der Waals surface area contributed by atoms with E-state index in [1.165, 1.54) is 0 Å². The van der Waals surface area contributed by atoms with Crippen molar-refractivity contribution in [1.82, 2.24) is 29.9 Å². The van der Waals surface area contributed by atoms with Crippen molar-refractivity contribution >= 4 is 16.9 Å². The number of rotatable bonds is 6. The molecular weight excluding hydrogens is 364 g/mol. The van der Waals surface area contributed by atoms with Gasteiger partial charge in [-0.25, -0.2) is 9.67 Å². The molecule has 1 N–H and O–H groups in total. The van der Waals surface area contributed by atoms with E-state index < -0.39 is 0 Å². The Bertz CT molecular complexity index is 1020. The molecule has 1 aliphatic carbocycles. The molecule has 0 aliphatic heterocycles. The number of fused-ring (bicyclic) bond motifs is 1. The van der Waals surface area contributed by atoms with Crippen LogP contribution in [0.15, 0.2) is 24.5 Å². The summed E-state index contributed by atoms with van der Waals surface area (Å²) >= 11 is 0. The van der Waals surface area contributed by atoms with E-state index in [4.69, 9.17) is 10.1 Å². The van der Waals surface area contributed by atoms with E-state index >= 15 is 0 Å². The van der Waals surface area contributed by atoms with Gasteiger partial charge in [0.15, 0.2) is 5.65 Å². The lowest BCUT2D eigenvalue weighted by molar-refractivity contribution is 0.0948. The monoisotopic (exact) mass is 394 g/mol. The number of carbonyl (C=O) groups is 1. The van der Waals surface area contributed by atoms with Gasteiger partial charge in [-0.05, 0) is 58.6 Å².